The highest BCUT2D eigenvalue weighted by Crippen LogP contribution is 2.31. The second-order valence-corrected chi connectivity index (χ2v) is 8.52. The van der Waals surface area contributed by atoms with Crippen LogP contribution >= 0.6 is 0 Å². The minimum absolute atomic E-state index is 0.105. The number of aromatic nitrogens is 2. The van der Waals surface area contributed by atoms with Crippen LogP contribution in [0.3, 0.4) is 0 Å². The number of hydrogen-bond acceptors (Lipinski definition) is 7. The molecule has 1 fully saturated rings. The van der Waals surface area contributed by atoms with E-state index < -0.39 is 36.8 Å². The van der Waals surface area contributed by atoms with Crippen LogP contribution in [0.1, 0.15) is 68.5 Å². The Morgan fingerprint density at radius 3 is 2.50 bits per heavy atom. The molecule has 3 rings (SSSR count). The van der Waals surface area contributed by atoms with E-state index in [2.05, 4.69) is 17.2 Å². The normalized spacial score (nSPS) is 22.1. The van der Waals surface area contributed by atoms with Crippen molar-refractivity contribution in [1.82, 2.24) is 9.55 Å². The molecule has 1 amide bonds. The van der Waals surface area contributed by atoms with Crippen molar-refractivity contribution in [3.05, 3.63) is 58.6 Å². The molecule has 1 aliphatic rings. The molecule has 3 N–H and O–H groups in total. The summed E-state index contributed by atoms with van der Waals surface area (Å²) in [5.74, 6) is -0.276. The Balaban J connectivity index is 1.61. The van der Waals surface area contributed by atoms with Gasteiger partial charge in [-0.1, -0.05) is 63.6 Å². The highest BCUT2D eigenvalue weighted by Gasteiger charge is 2.45. The highest BCUT2D eigenvalue weighted by atomic mass is 16.6. The molecule has 1 aliphatic heterocycles. The van der Waals surface area contributed by atoms with Crippen molar-refractivity contribution < 1.29 is 24.5 Å². The van der Waals surface area contributed by atoms with Gasteiger partial charge in [-0.05, 0) is 24.6 Å². The summed E-state index contributed by atoms with van der Waals surface area (Å²) in [6.07, 6.45) is 5.65. The number of carbonyl (C=O) groups is 1. The van der Waals surface area contributed by atoms with Gasteiger partial charge in [0.1, 0.15) is 24.1 Å². The van der Waals surface area contributed by atoms with E-state index in [1.165, 1.54) is 42.5 Å². The first-order valence-electron chi connectivity index (χ1n) is 12.1. The van der Waals surface area contributed by atoms with E-state index in [-0.39, 0.29) is 11.7 Å². The largest absolute Gasteiger partial charge is 0.394 e. The zero-order valence-electron chi connectivity index (χ0n) is 19.6. The molecule has 34 heavy (non-hydrogen) atoms. The first-order chi connectivity index (χ1) is 16.5. The molecule has 2 unspecified atom stereocenters. The molecule has 0 aliphatic carbocycles. The van der Waals surface area contributed by atoms with E-state index in [4.69, 9.17) is 9.47 Å². The lowest BCUT2D eigenvalue weighted by atomic mass is 10.1. The molecule has 0 saturated carbocycles. The molecule has 186 valence electrons. The molecule has 9 heteroatoms. The topological polar surface area (TPSA) is 123 Å². The number of carbonyl (C=O) groups excluding carboxylic acids is 1. The van der Waals surface area contributed by atoms with Crippen molar-refractivity contribution in [2.24, 2.45) is 0 Å². The van der Waals surface area contributed by atoms with Gasteiger partial charge in [0.25, 0.3) is 5.91 Å². The third kappa shape index (κ3) is 6.96. The predicted molar refractivity (Wildman–Crippen MR) is 128 cm³/mol. The van der Waals surface area contributed by atoms with Crippen molar-refractivity contribution in [2.45, 2.75) is 76.4 Å². The summed E-state index contributed by atoms with van der Waals surface area (Å²) in [6.45, 7) is 2.21. The van der Waals surface area contributed by atoms with Crippen molar-refractivity contribution in [3.8, 4) is 0 Å². The SMILES string of the molecule is CCCCCCCCCOC1C(O)[C@@H](CO)O[C@H]1n1ccc(NC(=O)c2ccccc2)nc1=O. The fourth-order valence-corrected chi connectivity index (χ4v) is 4.01. The van der Waals surface area contributed by atoms with Gasteiger partial charge in [0, 0.05) is 18.4 Å². The Bertz CT molecular complexity index is 951. The number of nitrogens with one attached hydrogen (secondary N) is 1. The lowest BCUT2D eigenvalue weighted by molar-refractivity contribution is -0.0748. The smallest absolute Gasteiger partial charge is 0.351 e. The van der Waals surface area contributed by atoms with Crippen LogP contribution in [0.25, 0.3) is 0 Å². The number of anilines is 1. The van der Waals surface area contributed by atoms with E-state index in [1.54, 1.807) is 30.3 Å². The van der Waals surface area contributed by atoms with E-state index in [0.29, 0.717) is 12.2 Å². The van der Waals surface area contributed by atoms with Gasteiger partial charge in [0.2, 0.25) is 0 Å². The van der Waals surface area contributed by atoms with E-state index in [0.717, 1.165) is 19.3 Å². The molecule has 1 aromatic carbocycles. The number of rotatable bonds is 13. The van der Waals surface area contributed by atoms with Gasteiger partial charge in [0.05, 0.1) is 6.61 Å². The lowest BCUT2D eigenvalue weighted by Crippen LogP contribution is -2.38. The molecule has 9 nitrogen and oxygen atoms in total. The second-order valence-electron chi connectivity index (χ2n) is 8.52. The summed E-state index contributed by atoms with van der Waals surface area (Å²) in [5, 5.41) is 22.7. The minimum atomic E-state index is -1.08. The molecule has 0 spiro atoms. The summed E-state index contributed by atoms with van der Waals surface area (Å²) in [4.78, 5) is 29.0. The van der Waals surface area contributed by atoms with Gasteiger partial charge in [-0.25, -0.2) is 4.79 Å². The number of unbranched alkanes of at least 4 members (excludes halogenated alkanes) is 6. The van der Waals surface area contributed by atoms with Crippen molar-refractivity contribution in [3.63, 3.8) is 0 Å². The first kappa shape index (κ1) is 26.0. The Morgan fingerprint density at radius 1 is 1.12 bits per heavy atom. The molecule has 4 atom stereocenters. The summed E-state index contributed by atoms with van der Waals surface area (Å²) in [7, 11) is 0. The number of ether oxygens (including phenoxy) is 2. The summed E-state index contributed by atoms with van der Waals surface area (Å²) in [6, 6.07) is 10.1. The molecule has 1 aromatic heterocycles. The van der Waals surface area contributed by atoms with Gasteiger partial charge < -0.3 is 25.0 Å². The van der Waals surface area contributed by atoms with E-state index >= 15 is 0 Å². The molecule has 0 bridgehead atoms. The quantitative estimate of drug-likeness (QED) is 0.382. The third-order valence-electron chi connectivity index (χ3n) is 5.93. The summed E-state index contributed by atoms with van der Waals surface area (Å²) >= 11 is 0. The fraction of sp³-hybridized carbons (Fsp3) is 0.560. The van der Waals surface area contributed by atoms with Crippen LogP contribution in [0.4, 0.5) is 5.82 Å². The van der Waals surface area contributed by atoms with E-state index in [1.807, 2.05) is 0 Å². The van der Waals surface area contributed by atoms with Crippen LogP contribution in [0.5, 0.6) is 0 Å². The van der Waals surface area contributed by atoms with Crippen LogP contribution in [0.15, 0.2) is 47.4 Å². The van der Waals surface area contributed by atoms with Crippen LogP contribution in [-0.4, -0.2) is 57.2 Å². The maximum atomic E-state index is 12.7. The van der Waals surface area contributed by atoms with Crippen molar-refractivity contribution >= 4 is 11.7 Å². The number of benzene rings is 1. The van der Waals surface area contributed by atoms with Crippen molar-refractivity contribution in [1.29, 1.82) is 0 Å². The maximum absolute atomic E-state index is 12.7. The average Bonchev–Trinajstić information content (AvgIpc) is 3.16. The zero-order chi connectivity index (χ0) is 24.3. The number of amides is 1. The van der Waals surface area contributed by atoms with Crippen LogP contribution in [-0.2, 0) is 9.47 Å². The maximum Gasteiger partial charge on any atom is 0.351 e. The van der Waals surface area contributed by atoms with E-state index in [9.17, 15) is 19.8 Å². The molecule has 2 aromatic rings. The second kappa shape index (κ2) is 13.3. The monoisotopic (exact) mass is 473 g/mol. The number of aliphatic hydroxyl groups excluding tert-OH is 2. The standard InChI is InChI=1S/C25H35N3O6/c1-2-3-4-5-6-7-11-16-33-22-21(30)19(17-29)34-24(22)28-15-14-20(27-25(28)32)26-23(31)18-12-9-8-10-13-18/h8-10,12-15,19,21-22,24,29-30H,2-7,11,16-17H2,1H3,(H,26,27,31,32)/t19-,21?,22?,24-/m1/s1. The third-order valence-corrected chi connectivity index (χ3v) is 5.93. The Morgan fingerprint density at radius 2 is 1.82 bits per heavy atom. The van der Waals surface area contributed by atoms with Crippen molar-refractivity contribution in [2.75, 3.05) is 18.5 Å². The number of nitrogens with zero attached hydrogens (tertiary/aromatic N) is 2. The summed E-state index contributed by atoms with van der Waals surface area (Å²) in [5.41, 5.74) is -0.216. The number of hydrogen-bond donors (Lipinski definition) is 3. The Kier molecular flexibility index (Phi) is 10.2. The molecule has 0 radical (unpaired) electrons. The van der Waals surface area contributed by atoms with Gasteiger partial charge >= 0.3 is 5.69 Å². The molecular formula is C25H35N3O6. The first-order valence-corrected chi connectivity index (χ1v) is 12.1. The fourth-order valence-electron chi connectivity index (χ4n) is 4.01. The van der Waals surface area contributed by atoms with Gasteiger partial charge in [-0.2, -0.15) is 4.98 Å². The van der Waals surface area contributed by atoms with Crippen LogP contribution in [0.2, 0.25) is 0 Å². The Labute approximate surface area is 199 Å². The van der Waals surface area contributed by atoms with Crippen LogP contribution in [0, 0.1) is 0 Å². The molecular weight excluding hydrogens is 438 g/mol. The average molecular weight is 474 g/mol. The highest BCUT2D eigenvalue weighted by molar-refractivity contribution is 6.03. The lowest BCUT2D eigenvalue weighted by Gasteiger charge is -2.22. The van der Waals surface area contributed by atoms with Gasteiger partial charge in [-0.15, -0.1) is 0 Å². The van der Waals surface area contributed by atoms with Gasteiger partial charge in [0.15, 0.2) is 6.23 Å². The minimum Gasteiger partial charge on any atom is -0.394 e. The summed E-state index contributed by atoms with van der Waals surface area (Å²) < 4.78 is 12.8. The zero-order valence-corrected chi connectivity index (χ0v) is 19.6. The Hall–Kier alpha value is -2.59. The molecule has 2 heterocycles. The number of aliphatic hydroxyl groups is 2. The van der Waals surface area contributed by atoms with Crippen LogP contribution < -0.4 is 11.0 Å². The molecule has 1 saturated heterocycles. The van der Waals surface area contributed by atoms with Gasteiger partial charge in [-0.3, -0.25) is 9.36 Å². The predicted octanol–water partition coefficient (Wildman–Crippen LogP) is 2.88.